The molecule has 0 saturated heterocycles. The fraction of sp³-hybridized carbons (Fsp3) is 0.0667. The first-order valence-electron chi connectivity index (χ1n) is 6.27. The van der Waals surface area contributed by atoms with Gasteiger partial charge in [-0.15, -0.1) is 0 Å². The first-order chi connectivity index (χ1) is 10.2. The largest absolute Gasteiger partial charge is 0.494 e. The predicted molar refractivity (Wildman–Crippen MR) is 77.0 cm³/mol. The number of aromatic amines is 1. The van der Waals surface area contributed by atoms with Crippen LogP contribution in [0.3, 0.4) is 0 Å². The van der Waals surface area contributed by atoms with Crippen molar-refractivity contribution in [3.8, 4) is 5.75 Å². The van der Waals surface area contributed by atoms with Crippen LogP contribution in [0.1, 0.15) is 10.5 Å². The van der Waals surface area contributed by atoms with Gasteiger partial charge in [0.15, 0.2) is 17.3 Å². The van der Waals surface area contributed by atoms with Gasteiger partial charge in [0.25, 0.3) is 5.91 Å². The minimum absolute atomic E-state index is 0.0692. The van der Waals surface area contributed by atoms with E-state index in [1.807, 2.05) is 18.2 Å². The summed E-state index contributed by atoms with van der Waals surface area (Å²) < 4.78 is 18.2. The van der Waals surface area contributed by atoms with Crippen LogP contribution in [-0.2, 0) is 0 Å². The normalized spacial score (nSPS) is 10.6. The number of fused-ring (bicyclic) bond motifs is 1. The molecule has 0 bridgehead atoms. The van der Waals surface area contributed by atoms with E-state index < -0.39 is 5.82 Å². The van der Waals surface area contributed by atoms with E-state index in [0.717, 1.165) is 10.9 Å². The summed E-state index contributed by atoms with van der Waals surface area (Å²) in [6.45, 7) is 0. The second-order valence-corrected chi connectivity index (χ2v) is 4.42. The number of methoxy groups -OCH3 is 1. The van der Waals surface area contributed by atoms with Gasteiger partial charge in [-0.1, -0.05) is 18.2 Å². The number of hydrogen-bond donors (Lipinski definition) is 2. The van der Waals surface area contributed by atoms with Gasteiger partial charge in [-0.25, -0.2) is 4.39 Å². The molecule has 0 unspecified atom stereocenters. The van der Waals surface area contributed by atoms with Crippen LogP contribution in [0.5, 0.6) is 5.75 Å². The second kappa shape index (κ2) is 5.24. The highest BCUT2D eigenvalue weighted by atomic mass is 19.1. The van der Waals surface area contributed by atoms with Crippen molar-refractivity contribution in [1.29, 1.82) is 0 Å². The van der Waals surface area contributed by atoms with E-state index in [9.17, 15) is 9.18 Å². The number of ether oxygens (including phenoxy) is 1. The lowest BCUT2D eigenvalue weighted by Crippen LogP contribution is -2.13. The predicted octanol–water partition coefficient (Wildman–Crippen LogP) is 2.96. The average Bonchev–Trinajstić information content (AvgIpc) is 2.93. The van der Waals surface area contributed by atoms with Crippen LogP contribution < -0.4 is 10.1 Å². The van der Waals surface area contributed by atoms with E-state index in [2.05, 4.69) is 15.5 Å². The molecule has 0 saturated carbocycles. The van der Waals surface area contributed by atoms with Gasteiger partial charge in [0.1, 0.15) is 0 Å². The topological polar surface area (TPSA) is 67.0 Å². The summed E-state index contributed by atoms with van der Waals surface area (Å²) >= 11 is 0. The van der Waals surface area contributed by atoms with Crippen molar-refractivity contribution in [1.82, 2.24) is 10.2 Å². The molecule has 0 radical (unpaired) electrons. The monoisotopic (exact) mass is 285 g/mol. The molecular formula is C15H12FN3O2. The number of carbonyl (C=O) groups is 1. The maximum absolute atomic E-state index is 13.3. The Morgan fingerprint density at radius 1 is 1.29 bits per heavy atom. The Morgan fingerprint density at radius 2 is 2.10 bits per heavy atom. The molecule has 1 amide bonds. The van der Waals surface area contributed by atoms with Crippen LogP contribution in [0, 0.1) is 5.82 Å². The fourth-order valence-corrected chi connectivity index (χ4v) is 2.06. The van der Waals surface area contributed by atoms with E-state index >= 15 is 0 Å². The molecule has 106 valence electrons. The standard InChI is InChI=1S/C15H12FN3O2/c1-21-13-8-9(6-7-11(13)16)17-15(20)14-10-4-2-3-5-12(10)18-19-14/h2-8H,1H3,(H,17,20)(H,18,19). The van der Waals surface area contributed by atoms with Crippen LogP contribution in [0.15, 0.2) is 42.5 Å². The summed E-state index contributed by atoms with van der Waals surface area (Å²) in [5, 5.41) is 10.2. The summed E-state index contributed by atoms with van der Waals surface area (Å²) in [6.07, 6.45) is 0. The number of nitrogens with zero attached hydrogens (tertiary/aromatic N) is 1. The Balaban J connectivity index is 1.89. The number of rotatable bonds is 3. The number of H-pyrrole nitrogens is 1. The van der Waals surface area contributed by atoms with Gasteiger partial charge in [0.2, 0.25) is 0 Å². The van der Waals surface area contributed by atoms with Crippen molar-refractivity contribution in [2.75, 3.05) is 12.4 Å². The third-order valence-electron chi connectivity index (χ3n) is 3.09. The molecule has 1 aromatic heterocycles. The minimum atomic E-state index is -0.485. The van der Waals surface area contributed by atoms with Crippen molar-refractivity contribution in [2.24, 2.45) is 0 Å². The molecule has 3 aromatic rings. The average molecular weight is 285 g/mol. The van der Waals surface area contributed by atoms with Crippen molar-refractivity contribution < 1.29 is 13.9 Å². The highest BCUT2D eigenvalue weighted by Crippen LogP contribution is 2.22. The van der Waals surface area contributed by atoms with Crippen molar-refractivity contribution in [3.63, 3.8) is 0 Å². The number of para-hydroxylation sites is 1. The summed E-state index contributed by atoms with van der Waals surface area (Å²) in [4.78, 5) is 12.2. The molecule has 0 fully saturated rings. The molecule has 3 rings (SSSR count). The molecule has 2 aromatic carbocycles. The second-order valence-electron chi connectivity index (χ2n) is 4.42. The van der Waals surface area contributed by atoms with Crippen LogP contribution in [0.25, 0.3) is 10.9 Å². The van der Waals surface area contributed by atoms with E-state index in [-0.39, 0.29) is 17.4 Å². The summed E-state index contributed by atoms with van der Waals surface area (Å²) in [6, 6.07) is 11.4. The van der Waals surface area contributed by atoms with Gasteiger partial charge >= 0.3 is 0 Å². The van der Waals surface area contributed by atoms with Crippen LogP contribution in [0.2, 0.25) is 0 Å². The van der Waals surface area contributed by atoms with E-state index in [4.69, 9.17) is 4.74 Å². The summed E-state index contributed by atoms with van der Waals surface area (Å²) in [7, 11) is 1.37. The molecule has 5 nitrogen and oxygen atoms in total. The maximum atomic E-state index is 13.3. The van der Waals surface area contributed by atoms with Crippen LogP contribution in [-0.4, -0.2) is 23.2 Å². The quantitative estimate of drug-likeness (QED) is 0.777. The van der Waals surface area contributed by atoms with Gasteiger partial charge in [-0.3, -0.25) is 9.89 Å². The van der Waals surface area contributed by atoms with Gasteiger partial charge in [-0.2, -0.15) is 5.10 Å². The molecule has 0 aliphatic rings. The molecule has 1 heterocycles. The van der Waals surface area contributed by atoms with Gasteiger partial charge in [0.05, 0.1) is 12.6 Å². The Labute approximate surface area is 119 Å². The SMILES string of the molecule is COc1cc(NC(=O)c2n[nH]c3ccccc23)ccc1F. The lowest BCUT2D eigenvalue weighted by molar-refractivity contribution is 0.102. The van der Waals surface area contributed by atoms with Crippen molar-refractivity contribution >= 4 is 22.5 Å². The summed E-state index contributed by atoms with van der Waals surface area (Å²) in [5.41, 5.74) is 1.50. The molecule has 0 aliphatic carbocycles. The Bertz CT molecular complexity index is 814. The molecule has 0 spiro atoms. The third kappa shape index (κ3) is 2.43. The Hall–Kier alpha value is -2.89. The molecule has 0 aliphatic heterocycles. The third-order valence-corrected chi connectivity index (χ3v) is 3.09. The lowest BCUT2D eigenvalue weighted by Gasteiger charge is -2.06. The number of carbonyl (C=O) groups excluding carboxylic acids is 1. The number of anilines is 1. The van der Waals surface area contributed by atoms with Gasteiger partial charge in [-0.05, 0) is 18.2 Å². The smallest absolute Gasteiger partial charge is 0.276 e. The number of hydrogen-bond acceptors (Lipinski definition) is 3. The zero-order valence-corrected chi connectivity index (χ0v) is 11.2. The number of aromatic nitrogens is 2. The summed E-state index contributed by atoms with van der Waals surface area (Å²) in [5.74, 6) is -0.790. The zero-order valence-electron chi connectivity index (χ0n) is 11.2. The lowest BCUT2D eigenvalue weighted by atomic mass is 10.2. The first kappa shape index (κ1) is 13.1. The number of benzene rings is 2. The van der Waals surface area contributed by atoms with E-state index in [0.29, 0.717) is 5.69 Å². The molecular weight excluding hydrogens is 273 g/mol. The fourth-order valence-electron chi connectivity index (χ4n) is 2.06. The zero-order chi connectivity index (χ0) is 14.8. The molecule has 0 atom stereocenters. The van der Waals surface area contributed by atoms with E-state index in [1.165, 1.54) is 25.3 Å². The van der Waals surface area contributed by atoms with Crippen LogP contribution >= 0.6 is 0 Å². The number of nitrogens with one attached hydrogen (secondary N) is 2. The van der Waals surface area contributed by atoms with Gasteiger partial charge in [0, 0.05) is 17.1 Å². The molecule has 2 N–H and O–H groups in total. The highest BCUT2D eigenvalue weighted by molar-refractivity contribution is 6.11. The molecule has 21 heavy (non-hydrogen) atoms. The first-order valence-corrected chi connectivity index (χ1v) is 6.27. The van der Waals surface area contributed by atoms with Gasteiger partial charge < -0.3 is 10.1 Å². The molecule has 6 heteroatoms. The van der Waals surface area contributed by atoms with Crippen molar-refractivity contribution in [3.05, 3.63) is 54.0 Å². The maximum Gasteiger partial charge on any atom is 0.276 e. The number of halogens is 1. The minimum Gasteiger partial charge on any atom is -0.494 e. The Morgan fingerprint density at radius 3 is 2.90 bits per heavy atom. The van der Waals surface area contributed by atoms with Crippen molar-refractivity contribution in [2.45, 2.75) is 0 Å². The highest BCUT2D eigenvalue weighted by Gasteiger charge is 2.14. The number of amides is 1. The Kier molecular flexibility index (Phi) is 3.27. The van der Waals surface area contributed by atoms with E-state index in [1.54, 1.807) is 6.07 Å². The van der Waals surface area contributed by atoms with Crippen LogP contribution in [0.4, 0.5) is 10.1 Å².